The number of hydrogen-bond acceptors (Lipinski definition) is 4. The van der Waals surface area contributed by atoms with Crippen LogP contribution in [0.15, 0.2) is 54.6 Å². The summed E-state index contributed by atoms with van der Waals surface area (Å²) in [6.07, 6.45) is 2.92. The first-order chi connectivity index (χ1) is 13.1. The standard InChI is InChI=1S/C22H23NO4/c1-3-26-20-11-7-5-9-18(20)12-13-21(24)27-16(2)22(25)23-15-14-17-8-4-6-10-19(17)23/h4-13,16H,3,14-15H2,1-2H3/b13-12+/t16-/m0/s1. The number of carbonyl (C=O) groups excluding carboxylic acids is 2. The van der Waals surface area contributed by atoms with Gasteiger partial charge in [-0.2, -0.15) is 0 Å². The number of hydrogen-bond donors (Lipinski definition) is 0. The predicted octanol–water partition coefficient (Wildman–Crippen LogP) is 3.62. The highest BCUT2D eigenvalue weighted by molar-refractivity contribution is 6.00. The van der Waals surface area contributed by atoms with Gasteiger partial charge in [-0.15, -0.1) is 0 Å². The van der Waals surface area contributed by atoms with Crippen molar-refractivity contribution < 1.29 is 19.1 Å². The molecular weight excluding hydrogens is 342 g/mol. The third-order valence-electron chi connectivity index (χ3n) is 4.41. The molecule has 1 aliphatic heterocycles. The van der Waals surface area contributed by atoms with Crippen molar-refractivity contribution in [3.63, 3.8) is 0 Å². The van der Waals surface area contributed by atoms with Gasteiger partial charge in [0.1, 0.15) is 5.75 Å². The molecule has 1 atom stereocenters. The third kappa shape index (κ3) is 4.37. The molecule has 1 aliphatic rings. The fraction of sp³-hybridized carbons (Fsp3) is 0.273. The quantitative estimate of drug-likeness (QED) is 0.580. The fourth-order valence-corrected chi connectivity index (χ4v) is 3.11. The lowest BCUT2D eigenvalue weighted by molar-refractivity contribution is -0.149. The summed E-state index contributed by atoms with van der Waals surface area (Å²) in [6.45, 7) is 4.65. The van der Waals surface area contributed by atoms with Gasteiger partial charge in [-0.05, 0) is 44.0 Å². The molecule has 0 aliphatic carbocycles. The molecule has 0 unspecified atom stereocenters. The normalized spacial score (nSPS) is 14.1. The van der Waals surface area contributed by atoms with Crippen molar-refractivity contribution in [2.75, 3.05) is 18.1 Å². The van der Waals surface area contributed by atoms with E-state index < -0.39 is 12.1 Å². The maximum atomic E-state index is 12.7. The molecule has 5 nitrogen and oxygen atoms in total. The summed E-state index contributed by atoms with van der Waals surface area (Å²) in [5.74, 6) is -0.0760. The number of para-hydroxylation sites is 2. The predicted molar refractivity (Wildman–Crippen MR) is 105 cm³/mol. The average Bonchev–Trinajstić information content (AvgIpc) is 3.11. The molecule has 0 spiro atoms. The Morgan fingerprint density at radius 1 is 1.15 bits per heavy atom. The highest BCUT2D eigenvalue weighted by Crippen LogP contribution is 2.28. The first-order valence-corrected chi connectivity index (χ1v) is 9.10. The summed E-state index contributed by atoms with van der Waals surface area (Å²) in [5, 5.41) is 0. The highest BCUT2D eigenvalue weighted by Gasteiger charge is 2.29. The summed E-state index contributed by atoms with van der Waals surface area (Å²) in [7, 11) is 0. The van der Waals surface area contributed by atoms with Gasteiger partial charge >= 0.3 is 5.97 Å². The molecule has 0 aromatic heterocycles. The summed E-state index contributed by atoms with van der Waals surface area (Å²) in [4.78, 5) is 26.5. The van der Waals surface area contributed by atoms with E-state index >= 15 is 0 Å². The lowest BCUT2D eigenvalue weighted by atomic mass is 10.2. The number of carbonyl (C=O) groups is 2. The monoisotopic (exact) mass is 365 g/mol. The minimum atomic E-state index is -0.851. The molecule has 3 rings (SSSR count). The first kappa shape index (κ1) is 18.7. The Bertz CT molecular complexity index is 859. The maximum absolute atomic E-state index is 12.7. The zero-order valence-corrected chi connectivity index (χ0v) is 15.6. The van der Waals surface area contributed by atoms with Crippen LogP contribution in [0.3, 0.4) is 0 Å². The SMILES string of the molecule is CCOc1ccccc1/C=C/C(=O)O[C@@H](C)C(=O)N1CCc2ccccc21. The van der Waals surface area contributed by atoms with Crippen LogP contribution in [0.2, 0.25) is 0 Å². The molecule has 2 aromatic carbocycles. The Balaban J connectivity index is 1.62. The van der Waals surface area contributed by atoms with Crippen molar-refractivity contribution in [2.45, 2.75) is 26.4 Å². The van der Waals surface area contributed by atoms with Crippen LogP contribution in [0, 0.1) is 0 Å². The lowest BCUT2D eigenvalue weighted by Crippen LogP contribution is -2.38. The molecule has 1 amide bonds. The lowest BCUT2D eigenvalue weighted by Gasteiger charge is -2.21. The Hall–Kier alpha value is -3.08. The topological polar surface area (TPSA) is 55.8 Å². The molecule has 0 bridgehead atoms. The minimum absolute atomic E-state index is 0.212. The van der Waals surface area contributed by atoms with E-state index in [0.29, 0.717) is 18.9 Å². The third-order valence-corrected chi connectivity index (χ3v) is 4.41. The molecule has 140 valence electrons. The van der Waals surface area contributed by atoms with E-state index in [-0.39, 0.29) is 5.91 Å². The number of anilines is 1. The summed E-state index contributed by atoms with van der Waals surface area (Å²) >= 11 is 0. The van der Waals surface area contributed by atoms with Crippen molar-refractivity contribution in [2.24, 2.45) is 0 Å². The molecular formula is C22H23NO4. The van der Waals surface area contributed by atoms with E-state index in [2.05, 4.69) is 0 Å². The zero-order chi connectivity index (χ0) is 19.2. The smallest absolute Gasteiger partial charge is 0.331 e. The Morgan fingerprint density at radius 3 is 2.70 bits per heavy atom. The van der Waals surface area contributed by atoms with Gasteiger partial charge in [0.15, 0.2) is 6.10 Å². The zero-order valence-electron chi connectivity index (χ0n) is 15.6. The van der Waals surface area contributed by atoms with Crippen LogP contribution in [-0.4, -0.2) is 31.1 Å². The van der Waals surface area contributed by atoms with Crippen LogP contribution in [0.1, 0.15) is 25.0 Å². The van der Waals surface area contributed by atoms with Gasteiger partial charge in [0, 0.05) is 23.9 Å². The highest BCUT2D eigenvalue weighted by atomic mass is 16.5. The first-order valence-electron chi connectivity index (χ1n) is 9.10. The Kier molecular flexibility index (Phi) is 5.91. The van der Waals surface area contributed by atoms with Crippen molar-refractivity contribution in [3.8, 4) is 5.75 Å². The average molecular weight is 365 g/mol. The van der Waals surface area contributed by atoms with Crippen LogP contribution in [0.5, 0.6) is 5.75 Å². The van der Waals surface area contributed by atoms with Gasteiger partial charge in [0.2, 0.25) is 0 Å². The number of fused-ring (bicyclic) bond motifs is 1. The van der Waals surface area contributed by atoms with E-state index in [1.54, 1.807) is 17.9 Å². The largest absolute Gasteiger partial charge is 0.493 e. The van der Waals surface area contributed by atoms with Crippen LogP contribution in [0.4, 0.5) is 5.69 Å². The van der Waals surface area contributed by atoms with Gasteiger partial charge < -0.3 is 14.4 Å². The van der Waals surface area contributed by atoms with E-state index in [4.69, 9.17) is 9.47 Å². The molecule has 0 fully saturated rings. The van der Waals surface area contributed by atoms with E-state index in [1.165, 1.54) is 6.08 Å². The molecule has 1 heterocycles. The van der Waals surface area contributed by atoms with E-state index in [9.17, 15) is 9.59 Å². The van der Waals surface area contributed by atoms with Crippen molar-refractivity contribution in [3.05, 3.63) is 65.7 Å². The van der Waals surface area contributed by atoms with Crippen LogP contribution >= 0.6 is 0 Å². The molecule has 0 radical (unpaired) electrons. The second kappa shape index (κ2) is 8.54. The molecule has 5 heteroatoms. The van der Waals surface area contributed by atoms with Gasteiger partial charge in [-0.25, -0.2) is 4.79 Å². The van der Waals surface area contributed by atoms with Crippen LogP contribution in [-0.2, 0) is 20.7 Å². The number of ether oxygens (including phenoxy) is 2. The number of rotatable bonds is 6. The fourth-order valence-electron chi connectivity index (χ4n) is 3.11. The second-order valence-electron chi connectivity index (χ2n) is 6.25. The Labute approximate surface area is 159 Å². The number of benzene rings is 2. The van der Waals surface area contributed by atoms with Crippen LogP contribution < -0.4 is 9.64 Å². The minimum Gasteiger partial charge on any atom is -0.493 e. The molecule has 0 N–H and O–H groups in total. The molecule has 2 aromatic rings. The Morgan fingerprint density at radius 2 is 1.89 bits per heavy atom. The van der Waals surface area contributed by atoms with E-state index in [0.717, 1.165) is 23.2 Å². The summed E-state index contributed by atoms with van der Waals surface area (Å²) in [5.41, 5.74) is 2.81. The summed E-state index contributed by atoms with van der Waals surface area (Å²) < 4.78 is 10.8. The van der Waals surface area contributed by atoms with Gasteiger partial charge in [-0.1, -0.05) is 36.4 Å². The number of amides is 1. The van der Waals surface area contributed by atoms with Crippen molar-refractivity contribution in [1.29, 1.82) is 0 Å². The van der Waals surface area contributed by atoms with Crippen molar-refractivity contribution in [1.82, 2.24) is 0 Å². The summed E-state index contributed by atoms with van der Waals surface area (Å²) in [6, 6.07) is 15.2. The van der Waals surface area contributed by atoms with Crippen LogP contribution in [0.25, 0.3) is 6.08 Å². The van der Waals surface area contributed by atoms with Gasteiger partial charge in [0.25, 0.3) is 5.91 Å². The molecule has 0 saturated heterocycles. The number of nitrogens with zero attached hydrogens (tertiary/aromatic N) is 1. The number of esters is 1. The second-order valence-corrected chi connectivity index (χ2v) is 6.25. The maximum Gasteiger partial charge on any atom is 0.331 e. The van der Waals surface area contributed by atoms with Crippen molar-refractivity contribution >= 4 is 23.6 Å². The van der Waals surface area contributed by atoms with Gasteiger partial charge in [0.05, 0.1) is 6.61 Å². The molecule has 0 saturated carbocycles. The molecule has 27 heavy (non-hydrogen) atoms. The van der Waals surface area contributed by atoms with E-state index in [1.807, 2.05) is 55.5 Å². The van der Waals surface area contributed by atoms with Gasteiger partial charge in [-0.3, -0.25) is 4.79 Å².